The van der Waals surface area contributed by atoms with E-state index in [4.69, 9.17) is 29.2 Å². The van der Waals surface area contributed by atoms with Crippen LogP contribution in [0.15, 0.2) is 6.33 Å². The van der Waals surface area contributed by atoms with Crippen LogP contribution in [0.1, 0.15) is 52.7 Å². The number of aliphatic hydroxyl groups is 2. The molecule has 1 aliphatic heterocycles. The summed E-state index contributed by atoms with van der Waals surface area (Å²) in [6, 6.07) is -2.16. The highest BCUT2D eigenvalue weighted by molar-refractivity contribution is 7.54. The molecule has 2 aromatic heterocycles. The summed E-state index contributed by atoms with van der Waals surface area (Å²) in [6.45, 7) is 4.26. The van der Waals surface area contributed by atoms with Gasteiger partial charge in [-0.2, -0.15) is 9.97 Å². The molecule has 0 bridgehead atoms. The maximum Gasteiger partial charge on any atom is 0.342 e. The van der Waals surface area contributed by atoms with Crippen LogP contribution < -0.4 is 20.6 Å². The first-order valence-corrected chi connectivity index (χ1v) is 16.2. The predicted molar refractivity (Wildman–Crippen MR) is 153 cm³/mol. The zero-order chi connectivity index (χ0) is 31.8. The molecule has 3 aliphatic rings. The van der Waals surface area contributed by atoms with Crippen LogP contribution in [-0.4, -0.2) is 98.5 Å². The van der Waals surface area contributed by atoms with E-state index in [2.05, 4.69) is 25.1 Å². The van der Waals surface area contributed by atoms with Gasteiger partial charge >= 0.3 is 19.6 Å². The number of carbonyl (C=O) groups excluding carboxylic acids is 2. The van der Waals surface area contributed by atoms with Crippen LogP contribution in [-0.2, 0) is 32.9 Å². The Morgan fingerprint density at radius 2 is 1.68 bits per heavy atom. The number of aliphatic hydroxyl groups excluding tert-OH is 1. The molecule has 0 amide bonds. The van der Waals surface area contributed by atoms with Gasteiger partial charge < -0.3 is 39.4 Å². The van der Waals surface area contributed by atoms with E-state index in [1.165, 1.54) is 38.8 Å². The van der Waals surface area contributed by atoms with Crippen LogP contribution in [0.25, 0.3) is 11.2 Å². The Labute approximate surface area is 253 Å². The predicted octanol–water partition coefficient (Wildman–Crippen LogP) is 0.414. The number of ether oxygens (including phenoxy) is 4. The maximum atomic E-state index is 14.0. The molecule has 18 heteroatoms. The normalized spacial score (nSPS) is 27.9. The number of anilines is 1. The number of nitrogens with zero attached hydrogens (tertiary/aromatic N) is 4. The van der Waals surface area contributed by atoms with Gasteiger partial charge in [0.1, 0.15) is 29.9 Å². The molecule has 0 radical (unpaired) electrons. The summed E-state index contributed by atoms with van der Waals surface area (Å²) in [5.41, 5.74) is 4.34. The summed E-state index contributed by atoms with van der Waals surface area (Å²) >= 11 is 0. The van der Waals surface area contributed by atoms with Crippen molar-refractivity contribution in [3.63, 3.8) is 0 Å². The number of hydrogen-bond donors (Lipinski definition) is 5. The Kier molecular flexibility index (Phi) is 9.47. The Bertz CT molecular complexity index is 1370. The monoisotopic (exact) mass is 641 g/mol. The van der Waals surface area contributed by atoms with Gasteiger partial charge in [0.15, 0.2) is 17.4 Å². The summed E-state index contributed by atoms with van der Waals surface area (Å²) in [7, 11) is -2.82. The number of nitrogens with two attached hydrogens (primary N) is 1. The van der Waals surface area contributed by atoms with E-state index in [1.807, 2.05) is 0 Å². The van der Waals surface area contributed by atoms with E-state index >= 15 is 0 Å². The maximum absolute atomic E-state index is 14.0. The fourth-order valence-electron chi connectivity index (χ4n) is 4.72. The zero-order valence-corrected chi connectivity index (χ0v) is 25.9. The molecule has 3 heterocycles. The van der Waals surface area contributed by atoms with Gasteiger partial charge in [0.2, 0.25) is 11.8 Å². The summed E-state index contributed by atoms with van der Waals surface area (Å²) < 4.78 is 43.0. The number of esters is 2. The number of hydrogen-bond acceptors (Lipinski definition) is 14. The van der Waals surface area contributed by atoms with Crippen LogP contribution in [0.3, 0.4) is 0 Å². The minimum atomic E-state index is -4.21. The van der Waals surface area contributed by atoms with E-state index in [1.54, 1.807) is 0 Å². The van der Waals surface area contributed by atoms with Gasteiger partial charge in [0, 0.05) is 0 Å². The zero-order valence-electron chi connectivity index (χ0n) is 25.0. The minimum Gasteiger partial charge on any atom is -0.479 e. The van der Waals surface area contributed by atoms with Crippen molar-refractivity contribution in [2.75, 3.05) is 32.7 Å². The molecule has 5 rings (SSSR count). The molecule has 6 atom stereocenters. The van der Waals surface area contributed by atoms with Crippen molar-refractivity contribution in [1.29, 1.82) is 0 Å². The van der Waals surface area contributed by atoms with Crippen molar-refractivity contribution in [3.8, 4) is 5.88 Å². The molecule has 44 heavy (non-hydrogen) atoms. The Hall–Kier alpha value is -2.92. The molecular formula is C26H40N7O10P. The fraction of sp³-hybridized carbons (Fsp3) is 0.731. The number of nitrogen functional groups attached to an aromatic ring is 1. The van der Waals surface area contributed by atoms with E-state index in [0.29, 0.717) is 11.8 Å². The molecule has 6 unspecified atom stereocenters. The molecule has 17 nitrogen and oxygen atoms in total. The second-order valence-corrected chi connectivity index (χ2v) is 13.7. The SMILES string of the molecule is COc1nc(N)nc2c1ncn2C1OC(COP(=O)(NC(C)C(=O)OCC2CC2)NC(C)C(=O)OCC2CC2)C(O)C1(C)O. The standard InChI is InChI=1S/C26H40N7O10P/c1-13(22(35)40-9-15-5-6-15)31-44(38,32-14(2)23(36)41-10-16-7-8-16)42-11-17-19(34)26(3,37)24(43-17)33-12-28-18-20(33)29-25(27)30-21(18)39-4/h12-17,19,24,34,37H,5-11H2,1-4H3,(H2,27,29,30)(H2,31,32,38). The molecule has 6 N–H and O–H groups in total. The molecular weight excluding hydrogens is 601 g/mol. The second-order valence-electron chi connectivity index (χ2n) is 11.8. The van der Waals surface area contributed by atoms with Gasteiger partial charge in [-0.15, -0.1) is 0 Å². The molecule has 0 aromatic carbocycles. The minimum absolute atomic E-state index is 0.108. The molecule has 3 fully saturated rings. The molecule has 0 spiro atoms. The van der Waals surface area contributed by atoms with Crippen LogP contribution in [0.2, 0.25) is 0 Å². The van der Waals surface area contributed by atoms with Gasteiger partial charge in [0.25, 0.3) is 0 Å². The summed E-state index contributed by atoms with van der Waals surface area (Å²) in [5, 5.41) is 27.6. The average Bonchev–Trinajstić information content (AvgIpc) is 3.91. The number of imidazole rings is 1. The van der Waals surface area contributed by atoms with Gasteiger partial charge in [-0.1, -0.05) is 0 Å². The van der Waals surface area contributed by atoms with Crippen molar-refractivity contribution < 1.29 is 47.8 Å². The fourth-order valence-corrected chi connectivity index (χ4v) is 6.53. The number of nitrogens with one attached hydrogen (secondary N) is 2. The number of methoxy groups -OCH3 is 1. The van der Waals surface area contributed by atoms with Crippen molar-refractivity contribution in [2.24, 2.45) is 11.8 Å². The largest absolute Gasteiger partial charge is 0.479 e. The van der Waals surface area contributed by atoms with Gasteiger partial charge in [-0.05, 0) is 58.3 Å². The third kappa shape index (κ3) is 7.30. The lowest BCUT2D eigenvalue weighted by Gasteiger charge is -2.28. The first kappa shape index (κ1) is 32.5. The second kappa shape index (κ2) is 12.8. The lowest BCUT2D eigenvalue weighted by atomic mass is 9.96. The lowest BCUT2D eigenvalue weighted by Crippen LogP contribution is -2.45. The van der Waals surface area contributed by atoms with Crippen LogP contribution >= 0.6 is 7.67 Å². The van der Waals surface area contributed by atoms with Crippen LogP contribution in [0, 0.1) is 11.8 Å². The van der Waals surface area contributed by atoms with E-state index in [-0.39, 0.29) is 36.2 Å². The first-order valence-electron chi connectivity index (χ1n) is 14.5. The van der Waals surface area contributed by atoms with Crippen LogP contribution in [0.4, 0.5) is 5.95 Å². The summed E-state index contributed by atoms with van der Waals surface area (Å²) in [5.74, 6) is -0.636. The average molecular weight is 642 g/mol. The smallest absolute Gasteiger partial charge is 0.342 e. The highest BCUT2D eigenvalue weighted by atomic mass is 31.2. The lowest BCUT2D eigenvalue weighted by molar-refractivity contribution is -0.146. The number of carbonyl (C=O) groups is 2. The highest BCUT2D eigenvalue weighted by Crippen LogP contribution is 2.44. The van der Waals surface area contributed by atoms with Gasteiger partial charge in [-0.25, -0.2) is 15.2 Å². The van der Waals surface area contributed by atoms with E-state index < -0.39 is 62.3 Å². The summed E-state index contributed by atoms with van der Waals surface area (Å²) in [4.78, 5) is 37.6. The van der Waals surface area contributed by atoms with Gasteiger partial charge in [-0.3, -0.25) is 18.7 Å². The molecule has 2 aromatic rings. The quantitative estimate of drug-likeness (QED) is 0.131. The highest BCUT2D eigenvalue weighted by Gasteiger charge is 2.54. The van der Waals surface area contributed by atoms with Gasteiger partial charge in [0.05, 0.1) is 33.3 Å². The van der Waals surface area contributed by atoms with E-state index in [9.17, 15) is 24.4 Å². The Morgan fingerprint density at radius 1 is 1.11 bits per heavy atom. The Morgan fingerprint density at radius 3 is 2.20 bits per heavy atom. The molecule has 2 aliphatic carbocycles. The number of aromatic nitrogens is 4. The van der Waals surface area contributed by atoms with Crippen molar-refractivity contribution in [2.45, 2.75) is 82.6 Å². The van der Waals surface area contributed by atoms with E-state index in [0.717, 1.165) is 25.7 Å². The number of fused-ring (bicyclic) bond motifs is 1. The Balaban J connectivity index is 1.30. The third-order valence-corrected chi connectivity index (χ3v) is 9.75. The third-order valence-electron chi connectivity index (χ3n) is 7.78. The van der Waals surface area contributed by atoms with Crippen molar-refractivity contribution in [3.05, 3.63) is 6.33 Å². The molecule has 244 valence electrons. The topological polar surface area (TPSA) is 231 Å². The number of rotatable bonds is 15. The first-order chi connectivity index (χ1) is 20.8. The summed E-state index contributed by atoms with van der Waals surface area (Å²) in [6.07, 6.45) is 1.26. The van der Waals surface area contributed by atoms with Crippen molar-refractivity contribution >= 4 is 36.7 Å². The van der Waals surface area contributed by atoms with Crippen LogP contribution in [0.5, 0.6) is 5.88 Å². The molecule has 2 saturated carbocycles. The van der Waals surface area contributed by atoms with Crippen molar-refractivity contribution in [1.82, 2.24) is 29.7 Å². The molecule has 1 saturated heterocycles.